The van der Waals surface area contributed by atoms with Crippen LogP contribution >= 0.6 is 0 Å². The molecule has 1 aliphatic heterocycles. The summed E-state index contributed by atoms with van der Waals surface area (Å²) in [6, 6.07) is 1.91. The second-order valence-corrected chi connectivity index (χ2v) is 7.46. The number of halogens is 3. The Morgan fingerprint density at radius 3 is 2.47 bits per heavy atom. The van der Waals surface area contributed by atoms with Gasteiger partial charge in [0.25, 0.3) is 11.5 Å². The molecule has 3 heterocycles. The van der Waals surface area contributed by atoms with E-state index in [4.69, 9.17) is 9.90 Å². The van der Waals surface area contributed by atoms with E-state index in [1.807, 2.05) is 0 Å². The maximum Gasteiger partial charge on any atom is 0.490 e. The van der Waals surface area contributed by atoms with Gasteiger partial charge in [-0.15, -0.1) is 0 Å². The quantitative estimate of drug-likeness (QED) is 0.705. The first kappa shape index (κ1) is 25.0. The summed E-state index contributed by atoms with van der Waals surface area (Å²) in [5.41, 5.74) is 1.01. The van der Waals surface area contributed by atoms with Crippen LogP contribution in [0.1, 0.15) is 42.1 Å². The van der Waals surface area contributed by atoms with E-state index < -0.39 is 12.1 Å². The molecule has 0 saturated carbocycles. The summed E-state index contributed by atoms with van der Waals surface area (Å²) >= 11 is 0. The molecular formula is C19H25F3N6O4. The van der Waals surface area contributed by atoms with Gasteiger partial charge >= 0.3 is 12.1 Å². The van der Waals surface area contributed by atoms with Gasteiger partial charge in [-0.25, -0.2) is 9.78 Å². The molecule has 0 spiro atoms. The van der Waals surface area contributed by atoms with Crippen molar-refractivity contribution in [1.82, 2.24) is 29.5 Å². The number of carbonyl (C=O) groups is 2. The first-order valence-electron chi connectivity index (χ1n) is 9.79. The number of rotatable bonds is 4. The van der Waals surface area contributed by atoms with Crippen molar-refractivity contribution in [2.75, 3.05) is 6.54 Å². The average molecular weight is 458 g/mol. The second-order valence-electron chi connectivity index (χ2n) is 7.46. The number of carbonyl (C=O) groups excluding carboxylic acids is 1. The van der Waals surface area contributed by atoms with Crippen LogP contribution in [0.5, 0.6) is 0 Å². The molecule has 2 aromatic heterocycles. The van der Waals surface area contributed by atoms with Gasteiger partial charge in [-0.2, -0.15) is 18.3 Å². The number of aromatic nitrogens is 4. The van der Waals surface area contributed by atoms with Crippen molar-refractivity contribution in [2.45, 2.75) is 52.1 Å². The van der Waals surface area contributed by atoms with Crippen LogP contribution in [-0.2, 0) is 31.5 Å². The number of aliphatic carboxylic acids is 1. The van der Waals surface area contributed by atoms with E-state index >= 15 is 0 Å². The van der Waals surface area contributed by atoms with Gasteiger partial charge in [0.15, 0.2) is 0 Å². The summed E-state index contributed by atoms with van der Waals surface area (Å²) < 4.78 is 35.1. The topological polar surface area (TPSA) is 122 Å². The van der Waals surface area contributed by atoms with Gasteiger partial charge in [-0.05, 0) is 20.3 Å². The highest BCUT2D eigenvalue weighted by Gasteiger charge is 2.38. The molecule has 0 unspecified atom stereocenters. The molecule has 0 bridgehead atoms. The summed E-state index contributed by atoms with van der Waals surface area (Å²) in [5, 5.41) is 13.9. The van der Waals surface area contributed by atoms with Crippen molar-refractivity contribution < 1.29 is 27.9 Å². The Kier molecular flexibility index (Phi) is 8.14. The lowest BCUT2D eigenvalue weighted by Crippen LogP contribution is -2.32. The lowest BCUT2D eigenvalue weighted by molar-refractivity contribution is -0.192. The van der Waals surface area contributed by atoms with Gasteiger partial charge in [0, 0.05) is 38.4 Å². The molecule has 13 heteroatoms. The van der Waals surface area contributed by atoms with E-state index in [2.05, 4.69) is 34.1 Å². The van der Waals surface area contributed by atoms with Crippen molar-refractivity contribution in [3.63, 3.8) is 0 Å². The number of carboxylic acid groups (broad SMARTS) is 1. The number of fused-ring (bicyclic) bond motifs is 1. The SMILES string of the molecule is CC(C)N1CCCn2c(nc(CNC(=O)c3cnn(C)c3)cc2=O)C1.O=C(O)C(F)(F)F. The molecule has 0 radical (unpaired) electrons. The Labute approximate surface area is 181 Å². The van der Waals surface area contributed by atoms with E-state index in [0.717, 1.165) is 18.8 Å². The maximum atomic E-state index is 12.4. The van der Waals surface area contributed by atoms with Crippen LogP contribution in [0.4, 0.5) is 13.2 Å². The molecular weight excluding hydrogens is 433 g/mol. The molecule has 3 rings (SSSR count). The van der Waals surface area contributed by atoms with Crippen molar-refractivity contribution in [1.29, 1.82) is 0 Å². The molecule has 2 aromatic rings. The molecule has 0 aromatic carbocycles. The molecule has 1 aliphatic rings. The fourth-order valence-corrected chi connectivity index (χ4v) is 3.00. The summed E-state index contributed by atoms with van der Waals surface area (Å²) in [5.74, 6) is -2.22. The Hall–Kier alpha value is -3.22. The van der Waals surface area contributed by atoms with Crippen molar-refractivity contribution in [2.24, 2.45) is 7.05 Å². The highest BCUT2D eigenvalue weighted by Crippen LogP contribution is 2.13. The average Bonchev–Trinajstić information content (AvgIpc) is 3.00. The zero-order chi connectivity index (χ0) is 24.1. The third kappa shape index (κ3) is 6.90. The molecule has 1 amide bonds. The van der Waals surface area contributed by atoms with Gasteiger partial charge in [0.2, 0.25) is 0 Å². The Morgan fingerprint density at radius 1 is 1.28 bits per heavy atom. The molecule has 0 aliphatic carbocycles. The summed E-state index contributed by atoms with van der Waals surface area (Å²) in [7, 11) is 1.76. The third-order valence-corrected chi connectivity index (χ3v) is 4.68. The van der Waals surface area contributed by atoms with Gasteiger partial charge in [-0.3, -0.25) is 23.7 Å². The van der Waals surface area contributed by atoms with Gasteiger partial charge in [-0.1, -0.05) is 0 Å². The Morgan fingerprint density at radius 2 is 1.94 bits per heavy atom. The van der Waals surface area contributed by atoms with E-state index in [1.165, 1.54) is 12.3 Å². The number of aryl methyl sites for hydroxylation is 1. The van der Waals surface area contributed by atoms with E-state index in [9.17, 15) is 22.8 Å². The van der Waals surface area contributed by atoms with Crippen LogP contribution < -0.4 is 10.9 Å². The van der Waals surface area contributed by atoms with Gasteiger partial charge in [0.05, 0.1) is 30.5 Å². The standard InChI is InChI=1S/C17H24N6O2.C2HF3O2/c1-12(2)22-5-4-6-23-15(11-22)20-14(7-16(23)24)9-18-17(25)13-8-19-21(3)10-13;3-2(4,5)1(6)7/h7-8,10,12H,4-6,9,11H2,1-3H3,(H,18,25);(H,6,7). The van der Waals surface area contributed by atoms with Crippen molar-refractivity contribution >= 4 is 11.9 Å². The number of carboxylic acids is 1. The molecule has 0 saturated heterocycles. The molecule has 0 atom stereocenters. The zero-order valence-electron chi connectivity index (χ0n) is 17.9. The van der Waals surface area contributed by atoms with Crippen LogP contribution in [-0.4, -0.2) is 60.0 Å². The van der Waals surface area contributed by atoms with Crippen LogP contribution in [0.2, 0.25) is 0 Å². The normalized spacial score (nSPS) is 14.2. The fraction of sp³-hybridized carbons (Fsp3) is 0.526. The van der Waals surface area contributed by atoms with Crippen molar-refractivity contribution in [3.8, 4) is 0 Å². The van der Waals surface area contributed by atoms with E-state index in [1.54, 1.807) is 22.5 Å². The Bertz CT molecular complexity index is 1020. The number of hydrogen-bond donors (Lipinski definition) is 2. The minimum atomic E-state index is -5.08. The van der Waals surface area contributed by atoms with Crippen molar-refractivity contribution in [3.05, 3.63) is 45.9 Å². The number of nitrogens with zero attached hydrogens (tertiary/aromatic N) is 5. The van der Waals surface area contributed by atoms with Gasteiger partial charge in [0.1, 0.15) is 5.82 Å². The van der Waals surface area contributed by atoms with Gasteiger partial charge < -0.3 is 10.4 Å². The fourth-order valence-electron chi connectivity index (χ4n) is 3.00. The largest absolute Gasteiger partial charge is 0.490 e. The van der Waals surface area contributed by atoms with E-state index in [0.29, 0.717) is 30.4 Å². The molecule has 10 nitrogen and oxygen atoms in total. The predicted octanol–water partition coefficient (Wildman–Crippen LogP) is 1.15. The highest BCUT2D eigenvalue weighted by atomic mass is 19.4. The monoisotopic (exact) mass is 458 g/mol. The van der Waals surface area contributed by atoms with Crippen LogP contribution in [0.25, 0.3) is 0 Å². The Balaban J connectivity index is 0.000000451. The summed E-state index contributed by atoms with van der Waals surface area (Å²) in [6.45, 7) is 6.80. The smallest absolute Gasteiger partial charge is 0.475 e. The molecule has 32 heavy (non-hydrogen) atoms. The maximum absolute atomic E-state index is 12.4. The number of amides is 1. The lowest BCUT2D eigenvalue weighted by Gasteiger charge is -2.23. The third-order valence-electron chi connectivity index (χ3n) is 4.68. The molecule has 0 fully saturated rings. The number of hydrogen-bond acceptors (Lipinski definition) is 6. The predicted molar refractivity (Wildman–Crippen MR) is 107 cm³/mol. The van der Waals surface area contributed by atoms with Crippen LogP contribution in [0, 0.1) is 0 Å². The number of nitrogens with one attached hydrogen (secondary N) is 1. The zero-order valence-corrected chi connectivity index (χ0v) is 17.9. The molecule has 176 valence electrons. The first-order chi connectivity index (χ1) is 14.9. The minimum Gasteiger partial charge on any atom is -0.475 e. The van der Waals surface area contributed by atoms with Crippen LogP contribution in [0.15, 0.2) is 23.3 Å². The summed E-state index contributed by atoms with van der Waals surface area (Å²) in [6.07, 6.45) is -0.992. The number of alkyl halides is 3. The minimum absolute atomic E-state index is 0.0544. The highest BCUT2D eigenvalue weighted by molar-refractivity contribution is 5.93. The first-order valence-corrected chi connectivity index (χ1v) is 9.79. The molecule has 2 N–H and O–H groups in total. The second kappa shape index (κ2) is 10.4. The lowest BCUT2D eigenvalue weighted by atomic mass is 10.3. The summed E-state index contributed by atoms with van der Waals surface area (Å²) in [4.78, 5) is 40.4. The van der Waals surface area contributed by atoms with Crippen LogP contribution in [0.3, 0.4) is 0 Å². The van der Waals surface area contributed by atoms with E-state index in [-0.39, 0.29) is 18.0 Å².